The van der Waals surface area contributed by atoms with Crippen LogP contribution in [0.1, 0.15) is 12.0 Å². The lowest BCUT2D eigenvalue weighted by atomic mass is 10.2. The van der Waals surface area contributed by atoms with E-state index in [0.29, 0.717) is 17.9 Å². The molecule has 0 spiro atoms. The van der Waals surface area contributed by atoms with E-state index in [0.717, 1.165) is 11.3 Å². The molecule has 0 saturated carbocycles. The van der Waals surface area contributed by atoms with Crippen LogP contribution in [-0.4, -0.2) is 39.3 Å². The Labute approximate surface area is 147 Å². The van der Waals surface area contributed by atoms with Gasteiger partial charge in [0.25, 0.3) is 0 Å². The first kappa shape index (κ1) is 21.8. The molecule has 2 aromatic rings. The summed E-state index contributed by atoms with van der Waals surface area (Å²) in [5.41, 5.74) is 6.28. The highest BCUT2D eigenvalue weighted by atomic mass is 32.2. The van der Waals surface area contributed by atoms with Gasteiger partial charge in [0, 0.05) is 0 Å². The van der Waals surface area contributed by atoms with Crippen molar-refractivity contribution in [1.82, 2.24) is 0 Å². The Morgan fingerprint density at radius 3 is 2.00 bits per heavy atom. The number of phenolic OH excluding ortho intramolecular Hbond substituents is 2. The van der Waals surface area contributed by atoms with Gasteiger partial charge in [-0.15, -0.1) is 0 Å². The summed E-state index contributed by atoms with van der Waals surface area (Å²) in [4.78, 5) is 10.1. The molecule has 0 radical (unpaired) electrons. The molecule has 24 heavy (non-hydrogen) atoms. The molecular formula is C18H25NO4S. The zero-order chi connectivity index (χ0) is 18.4. The molecule has 5 nitrogen and oxygen atoms in total. The van der Waals surface area contributed by atoms with Gasteiger partial charge in [0.2, 0.25) is 0 Å². The predicted octanol–water partition coefficient (Wildman–Crippen LogP) is 3.24. The number of para-hydroxylation sites is 1. The minimum Gasteiger partial charge on any atom is -0.508 e. The monoisotopic (exact) mass is 351 g/mol. The molecule has 0 saturated heterocycles. The standard InChI is InChI=1S/C7H8O.C6H6O.C5H11NO2S/c1-6-3-2-4-7(8)5-6;7-6-4-2-1-3-5-6;1-9-3-2-4(6)5(7)8/h2-5,8H,1H3;1-5,7H;4H,2-3,6H2,1H3,(H,7,8). The van der Waals surface area contributed by atoms with E-state index in [1.807, 2.05) is 31.4 Å². The Hall–Kier alpha value is -2.18. The fraction of sp³-hybridized carbons (Fsp3) is 0.278. The van der Waals surface area contributed by atoms with Gasteiger partial charge in [-0.1, -0.05) is 30.3 Å². The molecule has 0 bridgehead atoms. The summed E-state index contributed by atoms with van der Waals surface area (Å²) >= 11 is 1.60. The largest absolute Gasteiger partial charge is 0.508 e. The maximum atomic E-state index is 10.1. The number of aromatic hydroxyl groups is 2. The maximum Gasteiger partial charge on any atom is 0.320 e. The molecule has 5 N–H and O–H groups in total. The SMILES string of the molecule is CSCCC(N)C(=O)O.Cc1cccc(O)c1.Oc1ccccc1. The number of thioether (sulfide) groups is 1. The van der Waals surface area contributed by atoms with E-state index in [4.69, 9.17) is 21.1 Å². The molecule has 2 aromatic carbocycles. The molecule has 0 fully saturated rings. The van der Waals surface area contributed by atoms with Crippen molar-refractivity contribution in [3.8, 4) is 11.5 Å². The molecule has 2 rings (SSSR count). The molecule has 6 heteroatoms. The third-order valence-corrected chi connectivity index (χ3v) is 3.35. The van der Waals surface area contributed by atoms with E-state index in [-0.39, 0.29) is 0 Å². The fourth-order valence-corrected chi connectivity index (χ4v) is 1.91. The van der Waals surface area contributed by atoms with Crippen molar-refractivity contribution >= 4 is 17.7 Å². The van der Waals surface area contributed by atoms with Gasteiger partial charge in [0.05, 0.1) is 0 Å². The number of aliphatic carboxylic acids is 1. The van der Waals surface area contributed by atoms with Crippen LogP contribution in [0.4, 0.5) is 0 Å². The third kappa shape index (κ3) is 12.4. The third-order valence-electron chi connectivity index (χ3n) is 2.71. The van der Waals surface area contributed by atoms with Crippen LogP contribution in [0.3, 0.4) is 0 Å². The Kier molecular flexibility index (Phi) is 12.1. The number of benzene rings is 2. The average molecular weight is 351 g/mol. The van der Waals surface area contributed by atoms with E-state index >= 15 is 0 Å². The first-order chi connectivity index (χ1) is 11.4. The Bertz CT molecular complexity index is 561. The minimum absolute atomic E-state index is 0.322. The number of aryl methyl sites for hydroxylation is 1. The van der Waals surface area contributed by atoms with Gasteiger partial charge in [0.1, 0.15) is 17.5 Å². The van der Waals surface area contributed by atoms with Gasteiger partial charge >= 0.3 is 5.97 Å². The lowest BCUT2D eigenvalue weighted by Crippen LogP contribution is -2.30. The molecule has 0 heterocycles. The van der Waals surface area contributed by atoms with Crippen LogP contribution in [-0.2, 0) is 4.79 Å². The number of carbonyl (C=O) groups is 1. The molecule has 0 aromatic heterocycles. The van der Waals surface area contributed by atoms with Crippen molar-refractivity contribution in [2.24, 2.45) is 5.73 Å². The first-order valence-corrected chi connectivity index (χ1v) is 8.73. The van der Waals surface area contributed by atoms with Gasteiger partial charge in [-0.25, -0.2) is 0 Å². The number of phenols is 2. The van der Waals surface area contributed by atoms with Gasteiger partial charge < -0.3 is 21.1 Å². The molecule has 0 aliphatic carbocycles. The number of carboxylic acid groups (broad SMARTS) is 1. The van der Waals surface area contributed by atoms with Crippen molar-refractivity contribution in [3.05, 3.63) is 60.2 Å². The second kappa shape index (κ2) is 13.3. The Balaban J connectivity index is 0.000000332. The summed E-state index contributed by atoms with van der Waals surface area (Å²) in [5.74, 6) is 0.560. The van der Waals surface area contributed by atoms with E-state index in [2.05, 4.69) is 0 Å². The lowest BCUT2D eigenvalue weighted by molar-refractivity contribution is -0.138. The van der Waals surface area contributed by atoms with Crippen molar-refractivity contribution in [1.29, 1.82) is 0 Å². The summed E-state index contributed by atoms with van der Waals surface area (Å²) < 4.78 is 0. The molecule has 0 amide bonds. The smallest absolute Gasteiger partial charge is 0.320 e. The van der Waals surface area contributed by atoms with E-state index in [9.17, 15) is 4.79 Å². The second-order valence-corrected chi connectivity index (χ2v) is 5.89. The van der Waals surface area contributed by atoms with Crippen LogP contribution in [0.2, 0.25) is 0 Å². The van der Waals surface area contributed by atoms with Crippen LogP contribution in [0.15, 0.2) is 54.6 Å². The Morgan fingerprint density at radius 2 is 1.67 bits per heavy atom. The minimum atomic E-state index is -0.913. The number of nitrogens with two attached hydrogens (primary N) is 1. The maximum absolute atomic E-state index is 10.1. The van der Waals surface area contributed by atoms with Crippen LogP contribution in [0, 0.1) is 6.92 Å². The van der Waals surface area contributed by atoms with Crippen molar-refractivity contribution in [2.75, 3.05) is 12.0 Å². The highest BCUT2D eigenvalue weighted by Gasteiger charge is 2.08. The van der Waals surface area contributed by atoms with Crippen LogP contribution in [0.25, 0.3) is 0 Å². The van der Waals surface area contributed by atoms with Gasteiger partial charge in [0.15, 0.2) is 0 Å². The zero-order valence-corrected chi connectivity index (χ0v) is 14.7. The zero-order valence-electron chi connectivity index (χ0n) is 13.9. The van der Waals surface area contributed by atoms with Crippen molar-refractivity contribution in [3.63, 3.8) is 0 Å². The summed E-state index contributed by atoms with van der Waals surface area (Å²) in [6, 6.07) is 15.2. The summed E-state index contributed by atoms with van der Waals surface area (Å²) in [5, 5.41) is 25.7. The van der Waals surface area contributed by atoms with Gasteiger partial charge in [-0.05, 0) is 55.2 Å². The molecule has 0 aliphatic heterocycles. The van der Waals surface area contributed by atoms with Crippen LogP contribution >= 0.6 is 11.8 Å². The van der Waals surface area contributed by atoms with Gasteiger partial charge in [-0.2, -0.15) is 11.8 Å². The molecular weight excluding hydrogens is 326 g/mol. The second-order valence-electron chi connectivity index (χ2n) is 4.90. The highest BCUT2D eigenvalue weighted by Crippen LogP contribution is 2.08. The quantitative estimate of drug-likeness (QED) is 0.674. The predicted molar refractivity (Wildman–Crippen MR) is 99.6 cm³/mol. The topological polar surface area (TPSA) is 104 Å². The average Bonchev–Trinajstić information content (AvgIpc) is 2.54. The first-order valence-electron chi connectivity index (χ1n) is 7.33. The van der Waals surface area contributed by atoms with Crippen LogP contribution < -0.4 is 5.73 Å². The lowest BCUT2D eigenvalue weighted by Gasteiger charge is -2.02. The highest BCUT2D eigenvalue weighted by molar-refractivity contribution is 7.98. The van der Waals surface area contributed by atoms with Gasteiger partial charge in [-0.3, -0.25) is 4.79 Å². The number of carboxylic acids is 1. The molecule has 0 aliphatic rings. The number of rotatable bonds is 4. The molecule has 1 unspecified atom stereocenters. The van der Waals surface area contributed by atoms with Crippen molar-refractivity contribution < 1.29 is 20.1 Å². The van der Waals surface area contributed by atoms with Crippen molar-refractivity contribution in [2.45, 2.75) is 19.4 Å². The van der Waals surface area contributed by atoms with E-state index in [1.54, 1.807) is 48.2 Å². The fourth-order valence-electron chi connectivity index (χ4n) is 1.42. The number of hydrogen-bond acceptors (Lipinski definition) is 5. The molecule has 132 valence electrons. The molecule has 1 atom stereocenters. The summed E-state index contributed by atoms with van der Waals surface area (Å²) in [6.07, 6.45) is 2.48. The summed E-state index contributed by atoms with van der Waals surface area (Å²) in [6.45, 7) is 1.94. The van der Waals surface area contributed by atoms with E-state index in [1.165, 1.54) is 0 Å². The summed E-state index contributed by atoms with van der Waals surface area (Å²) in [7, 11) is 0. The Morgan fingerprint density at radius 1 is 1.08 bits per heavy atom. The number of hydrogen-bond donors (Lipinski definition) is 4. The van der Waals surface area contributed by atoms with E-state index < -0.39 is 12.0 Å². The van der Waals surface area contributed by atoms with Crippen LogP contribution in [0.5, 0.6) is 11.5 Å². The normalized spacial score (nSPS) is 10.5.